The highest BCUT2D eigenvalue weighted by atomic mass is 32.1. The molecule has 1 aliphatic heterocycles. The van der Waals surface area contributed by atoms with E-state index < -0.39 is 5.60 Å². The molecule has 0 spiro atoms. The van der Waals surface area contributed by atoms with Crippen molar-refractivity contribution in [3.8, 4) is 0 Å². The minimum atomic E-state index is -0.528. The third-order valence-electron chi connectivity index (χ3n) is 4.69. The van der Waals surface area contributed by atoms with Crippen LogP contribution >= 0.6 is 11.3 Å². The number of anilines is 1. The van der Waals surface area contributed by atoms with Crippen LogP contribution in [-0.4, -0.2) is 47.5 Å². The van der Waals surface area contributed by atoms with Crippen molar-refractivity contribution >= 4 is 34.9 Å². The van der Waals surface area contributed by atoms with E-state index in [0.717, 1.165) is 0 Å². The normalized spacial score (nSPS) is 14.8. The zero-order chi connectivity index (χ0) is 21.7. The Morgan fingerprint density at radius 3 is 2.40 bits per heavy atom. The second-order valence-corrected chi connectivity index (χ2v) is 9.01. The Labute approximate surface area is 180 Å². The van der Waals surface area contributed by atoms with Gasteiger partial charge in [-0.25, -0.2) is 4.79 Å². The van der Waals surface area contributed by atoms with Crippen LogP contribution in [0.5, 0.6) is 0 Å². The third-order valence-corrected chi connectivity index (χ3v) is 5.37. The monoisotopic (exact) mass is 429 g/mol. The van der Waals surface area contributed by atoms with Crippen molar-refractivity contribution in [1.82, 2.24) is 10.2 Å². The van der Waals surface area contributed by atoms with E-state index >= 15 is 0 Å². The summed E-state index contributed by atoms with van der Waals surface area (Å²) in [5.74, 6) is -0.492. The summed E-state index contributed by atoms with van der Waals surface area (Å²) in [6.07, 6.45) is 0.969. The molecule has 1 fully saturated rings. The largest absolute Gasteiger partial charge is 0.444 e. The van der Waals surface area contributed by atoms with Gasteiger partial charge in [-0.05, 0) is 57.2 Å². The maximum Gasteiger partial charge on any atom is 0.410 e. The summed E-state index contributed by atoms with van der Waals surface area (Å²) < 4.78 is 5.41. The van der Waals surface area contributed by atoms with Crippen LogP contribution in [0.4, 0.5) is 10.5 Å². The Bertz CT molecular complexity index is 897. The van der Waals surface area contributed by atoms with E-state index in [1.165, 1.54) is 11.3 Å². The van der Waals surface area contributed by atoms with Crippen LogP contribution < -0.4 is 10.6 Å². The van der Waals surface area contributed by atoms with Crippen LogP contribution in [0.25, 0.3) is 0 Å². The SMILES string of the molecule is CC(C)(C)OC(=O)N1CCC(NC(=O)c2ccccc2NC(=O)c2ccsc2)CC1. The number of benzene rings is 1. The number of hydrogen-bond donors (Lipinski definition) is 2. The zero-order valence-corrected chi connectivity index (χ0v) is 18.3. The Balaban J connectivity index is 1.57. The van der Waals surface area contributed by atoms with Gasteiger partial charge in [-0.2, -0.15) is 11.3 Å². The number of carbonyl (C=O) groups is 3. The molecular weight excluding hydrogens is 402 g/mol. The summed E-state index contributed by atoms with van der Waals surface area (Å²) in [7, 11) is 0. The second-order valence-electron chi connectivity index (χ2n) is 8.23. The lowest BCUT2D eigenvalue weighted by molar-refractivity contribution is 0.0199. The predicted octanol–water partition coefficient (Wildman–Crippen LogP) is 4.13. The van der Waals surface area contributed by atoms with Crippen molar-refractivity contribution < 1.29 is 19.1 Å². The second kappa shape index (κ2) is 9.30. The average Bonchev–Trinajstić information content (AvgIpc) is 3.22. The third kappa shape index (κ3) is 5.82. The molecule has 0 bridgehead atoms. The summed E-state index contributed by atoms with van der Waals surface area (Å²) in [6, 6.07) is 8.64. The number of nitrogens with one attached hydrogen (secondary N) is 2. The van der Waals surface area contributed by atoms with Gasteiger partial charge in [0.1, 0.15) is 5.60 Å². The fourth-order valence-corrected chi connectivity index (χ4v) is 3.81. The molecule has 0 radical (unpaired) electrons. The first-order valence-corrected chi connectivity index (χ1v) is 10.9. The van der Waals surface area contributed by atoms with E-state index in [1.54, 1.807) is 40.6 Å². The molecule has 0 aliphatic carbocycles. The van der Waals surface area contributed by atoms with E-state index in [-0.39, 0.29) is 23.9 Å². The quantitative estimate of drug-likeness (QED) is 0.765. The fourth-order valence-electron chi connectivity index (χ4n) is 3.17. The first kappa shape index (κ1) is 21.8. The molecule has 0 saturated carbocycles. The first-order chi connectivity index (χ1) is 14.2. The van der Waals surface area contributed by atoms with Gasteiger partial charge in [0.25, 0.3) is 11.8 Å². The van der Waals surface area contributed by atoms with E-state index in [9.17, 15) is 14.4 Å². The molecule has 160 valence electrons. The molecule has 2 heterocycles. The lowest BCUT2D eigenvalue weighted by Crippen LogP contribution is -2.47. The van der Waals surface area contributed by atoms with Crippen molar-refractivity contribution in [2.45, 2.75) is 45.3 Å². The standard InChI is InChI=1S/C22H27N3O4S/c1-22(2,3)29-21(28)25-11-8-16(9-12-25)23-20(27)17-6-4-5-7-18(17)24-19(26)15-10-13-30-14-15/h4-7,10,13-14,16H,8-9,11-12H2,1-3H3,(H,23,27)(H,24,26). The van der Waals surface area contributed by atoms with Gasteiger partial charge in [-0.1, -0.05) is 12.1 Å². The Kier molecular flexibility index (Phi) is 6.77. The Morgan fingerprint density at radius 2 is 1.77 bits per heavy atom. The van der Waals surface area contributed by atoms with Gasteiger partial charge >= 0.3 is 6.09 Å². The molecule has 1 aliphatic rings. The molecule has 3 rings (SSSR count). The van der Waals surface area contributed by atoms with Crippen LogP contribution in [0.2, 0.25) is 0 Å². The number of rotatable bonds is 4. The Morgan fingerprint density at radius 1 is 1.07 bits per heavy atom. The molecule has 0 unspecified atom stereocenters. The number of para-hydroxylation sites is 1. The van der Waals surface area contributed by atoms with Crippen molar-refractivity contribution in [3.63, 3.8) is 0 Å². The highest BCUT2D eigenvalue weighted by Gasteiger charge is 2.28. The maximum atomic E-state index is 12.8. The molecule has 1 aromatic heterocycles. The number of thiophene rings is 1. The van der Waals surface area contributed by atoms with Crippen LogP contribution in [0.1, 0.15) is 54.3 Å². The topological polar surface area (TPSA) is 87.7 Å². The summed E-state index contributed by atoms with van der Waals surface area (Å²) in [4.78, 5) is 39.0. The summed E-state index contributed by atoms with van der Waals surface area (Å²) >= 11 is 1.44. The maximum absolute atomic E-state index is 12.8. The van der Waals surface area contributed by atoms with Crippen LogP contribution in [-0.2, 0) is 4.74 Å². The number of nitrogens with zero attached hydrogens (tertiary/aromatic N) is 1. The lowest BCUT2D eigenvalue weighted by atomic mass is 10.0. The molecule has 3 amide bonds. The molecule has 2 N–H and O–H groups in total. The number of piperidine rings is 1. The average molecular weight is 430 g/mol. The lowest BCUT2D eigenvalue weighted by Gasteiger charge is -2.33. The van der Waals surface area contributed by atoms with Gasteiger partial charge in [0.2, 0.25) is 0 Å². The van der Waals surface area contributed by atoms with Gasteiger partial charge in [0, 0.05) is 24.5 Å². The summed E-state index contributed by atoms with van der Waals surface area (Å²) in [5.41, 5.74) is 0.914. The number of amides is 3. The van der Waals surface area contributed by atoms with Crippen LogP contribution in [0.15, 0.2) is 41.1 Å². The zero-order valence-electron chi connectivity index (χ0n) is 17.4. The van der Waals surface area contributed by atoms with Crippen LogP contribution in [0.3, 0.4) is 0 Å². The molecule has 7 nitrogen and oxygen atoms in total. The first-order valence-electron chi connectivity index (χ1n) is 9.94. The van der Waals surface area contributed by atoms with Crippen molar-refractivity contribution in [2.24, 2.45) is 0 Å². The fraction of sp³-hybridized carbons (Fsp3) is 0.409. The summed E-state index contributed by atoms with van der Waals surface area (Å²) in [6.45, 7) is 6.57. The molecule has 0 atom stereocenters. The van der Waals surface area contributed by atoms with Gasteiger partial charge in [0.05, 0.1) is 16.8 Å². The molecule has 2 aromatic rings. The predicted molar refractivity (Wildman–Crippen MR) is 117 cm³/mol. The summed E-state index contributed by atoms with van der Waals surface area (Å²) in [5, 5.41) is 9.43. The molecular formula is C22H27N3O4S. The minimum Gasteiger partial charge on any atom is -0.444 e. The number of likely N-dealkylation sites (tertiary alicyclic amines) is 1. The molecule has 1 saturated heterocycles. The number of hydrogen-bond acceptors (Lipinski definition) is 5. The van der Waals surface area contributed by atoms with Crippen LogP contribution in [0, 0.1) is 0 Å². The van der Waals surface area contributed by atoms with E-state index in [1.807, 2.05) is 26.2 Å². The smallest absolute Gasteiger partial charge is 0.410 e. The molecule has 30 heavy (non-hydrogen) atoms. The molecule has 1 aromatic carbocycles. The van der Waals surface area contributed by atoms with Crippen molar-refractivity contribution in [2.75, 3.05) is 18.4 Å². The van der Waals surface area contributed by atoms with Gasteiger partial charge in [-0.3, -0.25) is 9.59 Å². The van der Waals surface area contributed by atoms with E-state index in [0.29, 0.717) is 42.7 Å². The highest BCUT2D eigenvalue weighted by molar-refractivity contribution is 7.08. The van der Waals surface area contributed by atoms with Gasteiger partial charge in [0.15, 0.2) is 0 Å². The Hall–Kier alpha value is -2.87. The molecule has 8 heteroatoms. The van der Waals surface area contributed by atoms with E-state index in [4.69, 9.17) is 4.74 Å². The number of carbonyl (C=O) groups excluding carboxylic acids is 3. The minimum absolute atomic E-state index is 0.0446. The van der Waals surface area contributed by atoms with Gasteiger partial charge in [-0.15, -0.1) is 0 Å². The van der Waals surface area contributed by atoms with E-state index in [2.05, 4.69) is 10.6 Å². The van der Waals surface area contributed by atoms with Crippen molar-refractivity contribution in [3.05, 3.63) is 52.2 Å². The van der Waals surface area contributed by atoms with Gasteiger partial charge < -0.3 is 20.3 Å². The highest BCUT2D eigenvalue weighted by Crippen LogP contribution is 2.19. The number of ether oxygens (including phenoxy) is 1. The van der Waals surface area contributed by atoms with Crippen molar-refractivity contribution in [1.29, 1.82) is 0 Å².